The fourth-order valence-electron chi connectivity index (χ4n) is 2.35. The molecule has 0 heterocycles. The minimum Gasteiger partial charge on any atom is -0.382 e. The summed E-state index contributed by atoms with van der Waals surface area (Å²) in [6.45, 7) is 2.10. The highest BCUT2D eigenvalue weighted by Crippen LogP contribution is 2.42. The van der Waals surface area contributed by atoms with Crippen LogP contribution in [-0.2, 0) is 11.2 Å². The first-order chi connectivity index (χ1) is 7.22. The van der Waals surface area contributed by atoms with Crippen molar-refractivity contribution < 1.29 is 4.74 Å². The van der Waals surface area contributed by atoms with Gasteiger partial charge in [-0.15, -0.1) is 11.6 Å². The molecule has 15 heavy (non-hydrogen) atoms. The third kappa shape index (κ3) is 2.19. The predicted octanol–water partition coefficient (Wildman–Crippen LogP) is 3.56. The summed E-state index contributed by atoms with van der Waals surface area (Å²) in [5, 5.41) is 0.166. The normalized spacial score (nSPS) is 26.3. The highest BCUT2D eigenvalue weighted by molar-refractivity contribution is 6.21. The van der Waals surface area contributed by atoms with Crippen molar-refractivity contribution in [3.63, 3.8) is 0 Å². The Bertz CT molecular complexity index is 337. The monoisotopic (exact) mass is 224 g/mol. The van der Waals surface area contributed by atoms with Crippen LogP contribution in [0.1, 0.15) is 29.8 Å². The van der Waals surface area contributed by atoms with Gasteiger partial charge in [0.05, 0.1) is 11.5 Å². The molecule has 0 spiro atoms. The Morgan fingerprint density at radius 2 is 2.20 bits per heavy atom. The van der Waals surface area contributed by atoms with E-state index in [2.05, 4.69) is 31.2 Å². The second-order valence-corrected chi connectivity index (χ2v) is 4.82. The molecule has 1 aromatic rings. The van der Waals surface area contributed by atoms with Crippen LogP contribution < -0.4 is 0 Å². The summed E-state index contributed by atoms with van der Waals surface area (Å²) in [6.07, 6.45) is 2.43. The molecule has 0 aromatic heterocycles. The van der Waals surface area contributed by atoms with Gasteiger partial charge in [-0.05, 0) is 36.8 Å². The number of fused-ring (bicyclic) bond motifs is 1. The molecule has 0 bridgehead atoms. The van der Waals surface area contributed by atoms with Crippen LogP contribution in [0.15, 0.2) is 24.3 Å². The van der Waals surface area contributed by atoms with Crippen molar-refractivity contribution in [1.82, 2.24) is 0 Å². The molecule has 1 aliphatic carbocycles. The van der Waals surface area contributed by atoms with Crippen molar-refractivity contribution in [2.75, 3.05) is 7.11 Å². The van der Waals surface area contributed by atoms with Gasteiger partial charge in [-0.1, -0.05) is 24.3 Å². The minimum atomic E-state index is 0.166. The van der Waals surface area contributed by atoms with Crippen LogP contribution in [0.3, 0.4) is 0 Å². The Morgan fingerprint density at radius 1 is 1.47 bits per heavy atom. The van der Waals surface area contributed by atoms with E-state index in [0.29, 0.717) is 12.0 Å². The predicted molar refractivity (Wildman–Crippen MR) is 63.3 cm³/mol. The van der Waals surface area contributed by atoms with E-state index in [1.54, 1.807) is 7.11 Å². The van der Waals surface area contributed by atoms with Gasteiger partial charge in [-0.25, -0.2) is 0 Å². The highest BCUT2D eigenvalue weighted by Gasteiger charge is 2.31. The molecule has 0 aliphatic heterocycles. The molecule has 0 saturated heterocycles. The molecular formula is C13H17ClO. The smallest absolute Gasteiger partial charge is 0.0620 e. The first-order valence-corrected chi connectivity index (χ1v) is 5.90. The summed E-state index contributed by atoms with van der Waals surface area (Å²) in [4.78, 5) is 0. The van der Waals surface area contributed by atoms with Crippen LogP contribution in [-0.4, -0.2) is 13.2 Å². The fourth-order valence-corrected chi connectivity index (χ4v) is 2.76. The number of ether oxygens (including phenoxy) is 1. The van der Waals surface area contributed by atoms with E-state index in [0.717, 1.165) is 12.8 Å². The zero-order valence-electron chi connectivity index (χ0n) is 9.24. The second-order valence-electron chi connectivity index (χ2n) is 4.35. The average molecular weight is 225 g/mol. The third-order valence-electron chi connectivity index (χ3n) is 3.29. The maximum Gasteiger partial charge on any atom is 0.0620 e. The molecule has 2 heteroatoms. The van der Waals surface area contributed by atoms with Crippen LogP contribution in [0.25, 0.3) is 0 Å². The number of benzene rings is 1. The molecule has 2 rings (SSSR count). The van der Waals surface area contributed by atoms with E-state index in [1.807, 2.05) is 0 Å². The topological polar surface area (TPSA) is 9.23 Å². The molecule has 0 N–H and O–H groups in total. The van der Waals surface area contributed by atoms with Crippen molar-refractivity contribution in [2.45, 2.75) is 31.2 Å². The first kappa shape index (κ1) is 11.0. The van der Waals surface area contributed by atoms with Gasteiger partial charge in [-0.3, -0.25) is 0 Å². The minimum absolute atomic E-state index is 0.166. The standard InChI is InChI=1S/C13H17ClO/c1-9(15-2)7-11-8-10-5-3-4-6-12(10)13(11)14/h3-6,9,11,13H,7-8H2,1-2H3. The summed E-state index contributed by atoms with van der Waals surface area (Å²) in [7, 11) is 1.76. The van der Waals surface area contributed by atoms with E-state index in [1.165, 1.54) is 11.1 Å². The lowest BCUT2D eigenvalue weighted by atomic mass is 9.99. The quantitative estimate of drug-likeness (QED) is 0.714. The summed E-state index contributed by atoms with van der Waals surface area (Å²) >= 11 is 6.45. The largest absolute Gasteiger partial charge is 0.382 e. The number of methoxy groups -OCH3 is 1. The summed E-state index contributed by atoms with van der Waals surface area (Å²) in [5.74, 6) is 0.527. The number of rotatable bonds is 3. The van der Waals surface area contributed by atoms with Crippen molar-refractivity contribution in [3.05, 3.63) is 35.4 Å². The summed E-state index contributed by atoms with van der Waals surface area (Å²) < 4.78 is 5.30. The molecule has 0 fully saturated rings. The Balaban J connectivity index is 2.10. The Kier molecular flexibility index (Phi) is 3.32. The van der Waals surface area contributed by atoms with Gasteiger partial charge in [0.25, 0.3) is 0 Å². The van der Waals surface area contributed by atoms with Crippen molar-refractivity contribution in [1.29, 1.82) is 0 Å². The van der Waals surface area contributed by atoms with Crippen LogP contribution in [0.4, 0.5) is 0 Å². The van der Waals surface area contributed by atoms with Gasteiger partial charge in [0, 0.05) is 7.11 Å². The Morgan fingerprint density at radius 3 is 2.87 bits per heavy atom. The number of hydrogen-bond acceptors (Lipinski definition) is 1. The van der Waals surface area contributed by atoms with Gasteiger partial charge in [0.1, 0.15) is 0 Å². The summed E-state index contributed by atoms with van der Waals surface area (Å²) in [5.41, 5.74) is 2.72. The fraction of sp³-hybridized carbons (Fsp3) is 0.538. The van der Waals surface area contributed by atoms with Gasteiger partial charge < -0.3 is 4.74 Å². The van der Waals surface area contributed by atoms with E-state index in [-0.39, 0.29) is 5.38 Å². The molecule has 3 unspecified atom stereocenters. The number of hydrogen-bond donors (Lipinski definition) is 0. The zero-order valence-corrected chi connectivity index (χ0v) is 10.00. The molecule has 0 saturated carbocycles. The summed E-state index contributed by atoms with van der Waals surface area (Å²) in [6, 6.07) is 8.48. The number of alkyl halides is 1. The highest BCUT2D eigenvalue weighted by atomic mass is 35.5. The van der Waals surface area contributed by atoms with Gasteiger partial charge in [0.2, 0.25) is 0 Å². The molecule has 0 amide bonds. The zero-order chi connectivity index (χ0) is 10.8. The van der Waals surface area contributed by atoms with E-state index in [9.17, 15) is 0 Å². The first-order valence-electron chi connectivity index (χ1n) is 5.47. The maximum atomic E-state index is 6.45. The Labute approximate surface area is 96.4 Å². The average Bonchev–Trinajstić information content (AvgIpc) is 2.57. The molecule has 3 atom stereocenters. The van der Waals surface area contributed by atoms with Gasteiger partial charge >= 0.3 is 0 Å². The van der Waals surface area contributed by atoms with Crippen LogP contribution in [0, 0.1) is 5.92 Å². The van der Waals surface area contributed by atoms with Crippen LogP contribution in [0.2, 0.25) is 0 Å². The lowest BCUT2D eigenvalue weighted by Crippen LogP contribution is -2.14. The number of halogens is 1. The van der Waals surface area contributed by atoms with Crippen LogP contribution >= 0.6 is 11.6 Å². The SMILES string of the molecule is COC(C)CC1Cc2ccccc2C1Cl. The molecule has 82 valence electrons. The molecular weight excluding hydrogens is 208 g/mol. The molecule has 1 aromatic carbocycles. The van der Waals surface area contributed by atoms with E-state index in [4.69, 9.17) is 16.3 Å². The lowest BCUT2D eigenvalue weighted by molar-refractivity contribution is 0.0956. The van der Waals surface area contributed by atoms with Crippen LogP contribution in [0.5, 0.6) is 0 Å². The third-order valence-corrected chi connectivity index (χ3v) is 3.88. The molecule has 0 radical (unpaired) electrons. The molecule has 1 aliphatic rings. The molecule has 1 nitrogen and oxygen atoms in total. The lowest BCUT2D eigenvalue weighted by Gasteiger charge is -2.18. The Hall–Kier alpha value is -0.530. The van der Waals surface area contributed by atoms with Crippen molar-refractivity contribution in [3.8, 4) is 0 Å². The van der Waals surface area contributed by atoms with E-state index >= 15 is 0 Å². The van der Waals surface area contributed by atoms with Crippen molar-refractivity contribution in [2.24, 2.45) is 5.92 Å². The van der Waals surface area contributed by atoms with E-state index < -0.39 is 0 Å². The maximum absolute atomic E-state index is 6.45. The van der Waals surface area contributed by atoms with Gasteiger partial charge in [-0.2, -0.15) is 0 Å². The van der Waals surface area contributed by atoms with Crippen molar-refractivity contribution >= 4 is 11.6 Å². The second kappa shape index (κ2) is 4.54. The van der Waals surface area contributed by atoms with Gasteiger partial charge in [0.15, 0.2) is 0 Å².